The average Bonchev–Trinajstić information content (AvgIpc) is 2.63. The molecule has 2 aromatic rings. The van der Waals surface area contributed by atoms with Gasteiger partial charge in [-0.25, -0.2) is 0 Å². The molecule has 0 radical (unpaired) electrons. The highest BCUT2D eigenvalue weighted by molar-refractivity contribution is 7.17. The highest BCUT2D eigenvalue weighted by Crippen LogP contribution is 2.25. The van der Waals surface area contributed by atoms with Crippen LogP contribution in [-0.2, 0) is 4.79 Å². The standard InChI is InChI=1S/C10H6F3NOS/c11-10(12,13)9(15)14-7-1-2-8-6(5-7)3-4-16-8/h1-5H,(H,14,15). The number of benzene rings is 1. The van der Waals surface area contributed by atoms with E-state index in [1.807, 2.05) is 5.38 Å². The Balaban J connectivity index is 2.24. The lowest BCUT2D eigenvalue weighted by Crippen LogP contribution is -2.29. The van der Waals surface area contributed by atoms with Gasteiger partial charge in [0.15, 0.2) is 0 Å². The summed E-state index contributed by atoms with van der Waals surface area (Å²) in [7, 11) is 0. The number of rotatable bonds is 1. The van der Waals surface area contributed by atoms with Gasteiger partial charge < -0.3 is 5.32 Å². The van der Waals surface area contributed by atoms with E-state index in [9.17, 15) is 18.0 Å². The molecule has 2 nitrogen and oxygen atoms in total. The Morgan fingerprint density at radius 1 is 1.25 bits per heavy atom. The third-order valence-corrected chi connectivity index (χ3v) is 2.87. The van der Waals surface area contributed by atoms with E-state index in [1.165, 1.54) is 23.5 Å². The van der Waals surface area contributed by atoms with E-state index in [0.717, 1.165) is 10.1 Å². The fourth-order valence-corrected chi connectivity index (χ4v) is 2.02. The highest BCUT2D eigenvalue weighted by atomic mass is 32.1. The lowest BCUT2D eigenvalue weighted by molar-refractivity contribution is -0.167. The topological polar surface area (TPSA) is 29.1 Å². The number of anilines is 1. The monoisotopic (exact) mass is 245 g/mol. The van der Waals surface area contributed by atoms with Gasteiger partial charge >= 0.3 is 12.1 Å². The molecule has 84 valence electrons. The Hall–Kier alpha value is -1.56. The van der Waals surface area contributed by atoms with Crippen LogP contribution in [0.3, 0.4) is 0 Å². The molecule has 1 amide bonds. The Bertz CT molecular complexity index is 532. The largest absolute Gasteiger partial charge is 0.471 e. The van der Waals surface area contributed by atoms with E-state index < -0.39 is 12.1 Å². The fourth-order valence-electron chi connectivity index (χ4n) is 1.25. The van der Waals surface area contributed by atoms with Crippen LogP contribution in [0.2, 0.25) is 0 Å². The maximum absolute atomic E-state index is 12.0. The third kappa shape index (κ3) is 2.16. The minimum atomic E-state index is -4.86. The Kier molecular flexibility index (Phi) is 2.59. The zero-order valence-electron chi connectivity index (χ0n) is 7.84. The Labute approximate surface area is 92.7 Å². The molecule has 0 fully saturated rings. The summed E-state index contributed by atoms with van der Waals surface area (Å²) in [6.45, 7) is 0. The van der Waals surface area contributed by atoms with Crippen molar-refractivity contribution in [2.45, 2.75) is 6.18 Å². The van der Waals surface area contributed by atoms with Gasteiger partial charge in [-0.1, -0.05) is 0 Å². The van der Waals surface area contributed by atoms with E-state index in [1.54, 1.807) is 17.4 Å². The van der Waals surface area contributed by atoms with Gasteiger partial charge in [-0.3, -0.25) is 4.79 Å². The van der Waals surface area contributed by atoms with Crippen LogP contribution in [0.5, 0.6) is 0 Å². The van der Waals surface area contributed by atoms with E-state index in [0.29, 0.717) is 0 Å². The summed E-state index contributed by atoms with van der Waals surface area (Å²) in [6.07, 6.45) is -4.86. The molecule has 0 saturated carbocycles. The number of fused-ring (bicyclic) bond motifs is 1. The van der Waals surface area contributed by atoms with Crippen LogP contribution in [0, 0.1) is 0 Å². The smallest absolute Gasteiger partial charge is 0.318 e. The van der Waals surface area contributed by atoms with E-state index in [2.05, 4.69) is 0 Å². The number of hydrogen-bond donors (Lipinski definition) is 1. The van der Waals surface area contributed by atoms with Crippen molar-refractivity contribution in [3.8, 4) is 0 Å². The van der Waals surface area contributed by atoms with Crippen molar-refractivity contribution >= 4 is 33.0 Å². The molecule has 1 heterocycles. The van der Waals surface area contributed by atoms with Crippen molar-refractivity contribution in [2.75, 3.05) is 5.32 Å². The predicted molar refractivity (Wildman–Crippen MR) is 56.5 cm³/mol. The zero-order valence-corrected chi connectivity index (χ0v) is 8.65. The van der Waals surface area contributed by atoms with Crippen LogP contribution in [0.4, 0.5) is 18.9 Å². The number of alkyl halides is 3. The number of nitrogens with one attached hydrogen (secondary N) is 1. The van der Waals surface area contributed by atoms with Crippen LogP contribution in [-0.4, -0.2) is 12.1 Å². The lowest BCUT2D eigenvalue weighted by Gasteiger charge is -2.07. The quantitative estimate of drug-likeness (QED) is 0.819. The number of amides is 1. The summed E-state index contributed by atoms with van der Waals surface area (Å²) >= 11 is 1.49. The maximum Gasteiger partial charge on any atom is 0.471 e. The number of thiophene rings is 1. The second kappa shape index (κ2) is 3.79. The average molecular weight is 245 g/mol. The maximum atomic E-state index is 12.0. The molecule has 1 aromatic carbocycles. The molecule has 1 aromatic heterocycles. The number of halogens is 3. The molecule has 2 rings (SSSR count). The molecule has 0 aliphatic rings. The number of carbonyl (C=O) groups is 1. The molecule has 0 bridgehead atoms. The minimum Gasteiger partial charge on any atom is -0.318 e. The second-order valence-electron chi connectivity index (χ2n) is 3.13. The SMILES string of the molecule is O=C(Nc1ccc2sccc2c1)C(F)(F)F. The minimum absolute atomic E-state index is 0.147. The van der Waals surface area contributed by atoms with Crippen molar-refractivity contribution in [3.05, 3.63) is 29.6 Å². The van der Waals surface area contributed by atoms with Crippen LogP contribution in [0.25, 0.3) is 10.1 Å². The van der Waals surface area contributed by atoms with Crippen molar-refractivity contribution in [1.82, 2.24) is 0 Å². The van der Waals surface area contributed by atoms with Crippen LogP contribution >= 0.6 is 11.3 Å². The summed E-state index contributed by atoms with van der Waals surface area (Å²) in [6, 6.07) is 6.41. The summed E-state index contributed by atoms with van der Waals surface area (Å²) in [5.74, 6) is -1.96. The van der Waals surface area contributed by atoms with Crippen molar-refractivity contribution in [1.29, 1.82) is 0 Å². The van der Waals surface area contributed by atoms with Gasteiger partial charge in [0.25, 0.3) is 0 Å². The molecular formula is C10H6F3NOS. The third-order valence-electron chi connectivity index (χ3n) is 1.97. The molecule has 0 spiro atoms. The molecule has 6 heteroatoms. The van der Waals surface area contributed by atoms with Crippen LogP contribution < -0.4 is 5.32 Å². The zero-order chi connectivity index (χ0) is 11.8. The van der Waals surface area contributed by atoms with E-state index in [4.69, 9.17) is 0 Å². The molecule has 16 heavy (non-hydrogen) atoms. The second-order valence-corrected chi connectivity index (χ2v) is 4.07. The first-order chi connectivity index (χ1) is 7.47. The van der Waals surface area contributed by atoms with Gasteiger partial charge in [0.05, 0.1) is 0 Å². The summed E-state index contributed by atoms with van der Waals surface area (Å²) in [4.78, 5) is 10.7. The fraction of sp³-hybridized carbons (Fsp3) is 0.100. The van der Waals surface area contributed by atoms with Crippen molar-refractivity contribution in [3.63, 3.8) is 0 Å². The van der Waals surface area contributed by atoms with Gasteiger partial charge in [-0.05, 0) is 35.0 Å². The Morgan fingerprint density at radius 2 is 2.00 bits per heavy atom. The summed E-state index contributed by atoms with van der Waals surface area (Å²) in [5, 5.41) is 4.45. The summed E-state index contributed by atoms with van der Waals surface area (Å²) < 4.78 is 36.9. The first-order valence-electron chi connectivity index (χ1n) is 4.32. The van der Waals surface area contributed by atoms with E-state index >= 15 is 0 Å². The van der Waals surface area contributed by atoms with Gasteiger partial charge in [0.1, 0.15) is 0 Å². The van der Waals surface area contributed by atoms with Gasteiger partial charge in [-0.15, -0.1) is 11.3 Å². The molecule has 0 aliphatic heterocycles. The molecule has 0 atom stereocenters. The number of carbonyl (C=O) groups excluding carboxylic acids is 1. The van der Waals surface area contributed by atoms with Crippen molar-refractivity contribution < 1.29 is 18.0 Å². The van der Waals surface area contributed by atoms with Gasteiger partial charge in [0.2, 0.25) is 0 Å². The molecular weight excluding hydrogens is 239 g/mol. The van der Waals surface area contributed by atoms with Crippen LogP contribution in [0.1, 0.15) is 0 Å². The molecule has 0 aliphatic carbocycles. The van der Waals surface area contributed by atoms with E-state index in [-0.39, 0.29) is 5.69 Å². The Morgan fingerprint density at radius 3 is 2.69 bits per heavy atom. The molecule has 1 N–H and O–H groups in total. The van der Waals surface area contributed by atoms with Crippen molar-refractivity contribution in [2.24, 2.45) is 0 Å². The van der Waals surface area contributed by atoms with Crippen LogP contribution in [0.15, 0.2) is 29.6 Å². The predicted octanol–water partition coefficient (Wildman–Crippen LogP) is 3.40. The highest BCUT2D eigenvalue weighted by Gasteiger charge is 2.38. The molecule has 0 unspecified atom stereocenters. The first kappa shape index (κ1) is 10.9. The molecule has 0 saturated heterocycles. The first-order valence-corrected chi connectivity index (χ1v) is 5.20. The number of hydrogen-bond acceptors (Lipinski definition) is 2. The lowest BCUT2D eigenvalue weighted by atomic mass is 10.2. The van der Waals surface area contributed by atoms with Gasteiger partial charge in [-0.2, -0.15) is 13.2 Å². The normalized spacial score (nSPS) is 11.7. The summed E-state index contributed by atoms with van der Waals surface area (Å²) in [5.41, 5.74) is 0.147. The van der Waals surface area contributed by atoms with Gasteiger partial charge in [0, 0.05) is 10.4 Å².